The lowest BCUT2D eigenvalue weighted by Gasteiger charge is -2.13. The van der Waals surface area contributed by atoms with Gasteiger partial charge in [-0.1, -0.05) is 24.3 Å². The molecule has 1 aromatic heterocycles. The highest BCUT2D eigenvalue weighted by atomic mass is 32.1. The van der Waals surface area contributed by atoms with Crippen molar-refractivity contribution >= 4 is 34.5 Å². The molecule has 4 nitrogen and oxygen atoms in total. The lowest BCUT2D eigenvalue weighted by molar-refractivity contribution is 0.101. The molecule has 4 rings (SSSR count). The summed E-state index contributed by atoms with van der Waals surface area (Å²) in [7, 11) is 0. The number of benzene rings is 2. The first kappa shape index (κ1) is 17.5. The summed E-state index contributed by atoms with van der Waals surface area (Å²) < 4.78 is 0. The maximum absolute atomic E-state index is 12.7. The van der Waals surface area contributed by atoms with Gasteiger partial charge < -0.3 is 10.6 Å². The number of carbonyl (C=O) groups is 2. The van der Waals surface area contributed by atoms with Crippen molar-refractivity contribution in [2.45, 2.75) is 25.7 Å². The van der Waals surface area contributed by atoms with Gasteiger partial charge >= 0.3 is 0 Å². The number of hydrogen-bond donors (Lipinski definition) is 2. The van der Waals surface area contributed by atoms with E-state index in [1.165, 1.54) is 16.9 Å². The minimum atomic E-state index is -0.175. The maximum Gasteiger partial charge on any atom is 0.256 e. The molecule has 0 fully saturated rings. The van der Waals surface area contributed by atoms with Crippen molar-refractivity contribution < 1.29 is 9.59 Å². The predicted molar refractivity (Wildman–Crippen MR) is 110 cm³/mol. The zero-order valence-electron chi connectivity index (χ0n) is 14.8. The van der Waals surface area contributed by atoms with E-state index in [2.05, 4.69) is 10.6 Å². The summed E-state index contributed by atoms with van der Waals surface area (Å²) >= 11 is 1.68. The van der Waals surface area contributed by atoms with Crippen molar-refractivity contribution in [3.8, 4) is 0 Å². The molecule has 0 saturated carbocycles. The van der Waals surface area contributed by atoms with Gasteiger partial charge in [0.15, 0.2) is 0 Å². The number of amides is 2. The van der Waals surface area contributed by atoms with Crippen LogP contribution in [-0.2, 0) is 12.8 Å². The molecule has 0 radical (unpaired) electrons. The van der Waals surface area contributed by atoms with Crippen LogP contribution < -0.4 is 10.6 Å². The molecule has 2 N–H and O–H groups in total. The lowest BCUT2D eigenvalue weighted by atomic mass is 9.95. The summed E-state index contributed by atoms with van der Waals surface area (Å²) in [5, 5.41) is 7.80. The van der Waals surface area contributed by atoms with Gasteiger partial charge in [0.05, 0.1) is 5.56 Å². The summed E-state index contributed by atoms with van der Waals surface area (Å²) in [6.07, 6.45) is 4.41. The van der Waals surface area contributed by atoms with Crippen LogP contribution in [0.15, 0.2) is 60.0 Å². The Kier molecular flexibility index (Phi) is 5.03. The second-order valence-corrected chi connectivity index (χ2v) is 7.58. The molecule has 5 heteroatoms. The van der Waals surface area contributed by atoms with Crippen LogP contribution in [-0.4, -0.2) is 11.8 Å². The average molecular weight is 376 g/mol. The fourth-order valence-electron chi connectivity index (χ4n) is 3.35. The van der Waals surface area contributed by atoms with Crippen LogP contribution in [0.25, 0.3) is 0 Å². The Morgan fingerprint density at radius 3 is 2.30 bits per heavy atom. The van der Waals surface area contributed by atoms with E-state index in [1.54, 1.807) is 29.5 Å². The largest absolute Gasteiger partial charge is 0.322 e. The van der Waals surface area contributed by atoms with Crippen LogP contribution in [0.2, 0.25) is 0 Å². The van der Waals surface area contributed by atoms with E-state index in [4.69, 9.17) is 0 Å². The fraction of sp³-hybridized carbons (Fsp3) is 0.182. The smallest absolute Gasteiger partial charge is 0.256 e. The van der Waals surface area contributed by atoms with Crippen molar-refractivity contribution in [3.63, 3.8) is 0 Å². The number of hydrogen-bond acceptors (Lipinski definition) is 3. The third-order valence-corrected chi connectivity index (χ3v) is 5.81. The average Bonchev–Trinajstić information content (AvgIpc) is 3.13. The molecule has 136 valence electrons. The van der Waals surface area contributed by atoms with Gasteiger partial charge in [-0.05, 0) is 61.6 Å². The van der Waals surface area contributed by atoms with Crippen LogP contribution in [0.1, 0.15) is 44.0 Å². The Morgan fingerprint density at radius 2 is 1.52 bits per heavy atom. The predicted octanol–water partition coefficient (Wildman–Crippen LogP) is 5.13. The Balaban J connectivity index is 1.47. The molecule has 27 heavy (non-hydrogen) atoms. The zero-order chi connectivity index (χ0) is 18.6. The van der Waals surface area contributed by atoms with E-state index < -0.39 is 0 Å². The first-order valence-corrected chi connectivity index (χ1v) is 9.96. The Bertz CT molecular complexity index is 979. The first-order chi connectivity index (χ1) is 13.2. The second-order valence-electron chi connectivity index (χ2n) is 6.61. The van der Waals surface area contributed by atoms with E-state index in [9.17, 15) is 9.59 Å². The van der Waals surface area contributed by atoms with Gasteiger partial charge in [-0.15, -0.1) is 11.3 Å². The van der Waals surface area contributed by atoms with Crippen LogP contribution in [0, 0.1) is 0 Å². The lowest BCUT2D eigenvalue weighted by Crippen LogP contribution is -2.15. The molecular formula is C22H20N2O2S. The quantitative estimate of drug-likeness (QED) is 0.663. The number of anilines is 2. The van der Waals surface area contributed by atoms with Crippen LogP contribution in [0.3, 0.4) is 0 Å². The van der Waals surface area contributed by atoms with Gasteiger partial charge in [-0.3, -0.25) is 9.59 Å². The second kappa shape index (κ2) is 7.76. The summed E-state index contributed by atoms with van der Waals surface area (Å²) in [5.41, 5.74) is 3.90. The zero-order valence-corrected chi connectivity index (χ0v) is 15.6. The van der Waals surface area contributed by atoms with E-state index in [0.717, 1.165) is 24.8 Å². The van der Waals surface area contributed by atoms with Crippen LogP contribution in [0.5, 0.6) is 0 Å². The molecular weight excluding hydrogens is 356 g/mol. The third kappa shape index (κ3) is 3.93. The van der Waals surface area contributed by atoms with Gasteiger partial charge in [0.1, 0.15) is 0 Å². The Morgan fingerprint density at radius 1 is 0.815 bits per heavy atom. The van der Waals surface area contributed by atoms with Crippen LogP contribution in [0.4, 0.5) is 11.4 Å². The molecule has 2 aromatic carbocycles. The van der Waals surface area contributed by atoms with Crippen LogP contribution >= 0.6 is 11.3 Å². The molecule has 0 atom stereocenters. The monoisotopic (exact) mass is 376 g/mol. The highest BCUT2D eigenvalue weighted by Crippen LogP contribution is 2.30. The number of nitrogens with one attached hydrogen (secondary N) is 2. The number of thiophene rings is 1. The SMILES string of the molecule is O=C(Nc1cccc(NC(=O)c2csc3c2CCCC3)c1)c1ccccc1. The van der Waals surface area contributed by atoms with Crippen molar-refractivity contribution in [1.29, 1.82) is 0 Å². The number of fused-ring (bicyclic) bond motifs is 1. The minimum Gasteiger partial charge on any atom is -0.322 e. The van der Waals surface area contributed by atoms with Gasteiger partial charge in [0, 0.05) is 27.2 Å². The normalized spacial score (nSPS) is 12.9. The van der Waals surface area contributed by atoms with Gasteiger partial charge in [0.2, 0.25) is 0 Å². The van der Waals surface area contributed by atoms with E-state index >= 15 is 0 Å². The molecule has 1 aliphatic rings. The summed E-state index contributed by atoms with van der Waals surface area (Å²) in [4.78, 5) is 26.4. The standard InChI is InChI=1S/C22H20N2O2S/c25-21(15-7-2-1-3-8-15)23-16-9-6-10-17(13-16)24-22(26)19-14-27-20-12-5-4-11-18(19)20/h1-3,6-10,13-14H,4-5,11-12H2,(H,23,25)(H,24,26). The molecule has 0 unspecified atom stereocenters. The van der Waals surface area contributed by atoms with Crippen molar-refractivity contribution in [2.24, 2.45) is 0 Å². The van der Waals surface area contributed by atoms with Crippen molar-refractivity contribution in [2.75, 3.05) is 10.6 Å². The summed E-state index contributed by atoms with van der Waals surface area (Å²) in [6, 6.07) is 16.3. The Labute approximate surface area is 162 Å². The molecule has 3 aromatic rings. The summed E-state index contributed by atoms with van der Waals surface area (Å²) in [5.74, 6) is -0.257. The molecule has 0 spiro atoms. The number of rotatable bonds is 4. The van der Waals surface area contributed by atoms with Gasteiger partial charge in [0.25, 0.3) is 11.8 Å². The van der Waals surface area contributed by atoms with Gasteiger partial charge in [-0.2, -0.15) is 0 Å². The van der Waals surface area contributed by atoms with Gasteiger partial charge in [-0.25, -0.2) is 0 Å². The van der Waals surface area contributed by atoms with E-state index in [-0.39, 0.29) is 11.8 Å². The third-order valence-electron chi connectivity index (χ3n) is 4.72. The van der Waals surface area contributed by atoms with Crippen molar-refractivity contribution in [3.05, 3.63) is 81.5 Å². The minimum absolute atomic E-state index is 0.0825. The molecule has 2 amide bonds. The Hall–Kier alpha value is -2.92. The molecule has 0 saturated heterocycles. The first-order valence-electron chi connectivity index (χ1n) is 9.08. The fourth-order valence-corrected chi connectivity index (χ4v) is 4.48. The molecule has 0 bridgehead atoms. The maximum atomic E-state index is 12.7. The molecule has 0 aliphatic heterocycles. The van der Waals surface area contributed by atoms with Crippen molar-refractivity contribution in [1.82, 2.24) is 0 Å². The highest BCUT2D eigenvalue weighted by Gasteiger charge is 2.20. The van der Waals surface area contributed by atoms with E-state index in [0.29, 0.717) is 16.9 Å². The number of carbonyl (C=O) groups excluding carboxylic acids is 2. The highest BCUT2D eigenvalue weighted by molar-refractivity contribution is 7.10. The molecule has 1 heterocycles. The number of aryl methyl sites for hydroxylation is 1. The van der Waals surface area contributed by atoms with E-state index in [1.807, 2.05) is 41.8 Å². The topological polar surface area (TPSA) is 58.2 Å². The summed E-state index contributed by atoms with van der Waals surface area (Å²) in [6.45, 7) is 0. The molecule has 1 aliphatic carbocycles.